The molecule has 0 aliphatic carbocycles. The van der Waals surface area contributed by atoms with Crippen LogP contribution in [0.4, 0.5) is 0 Å². The van der Waals surface area contributed by atoms with Crippen molar-refractivity contribution in [3.8, 4) is 11.8 Å². The van der Waals surface area contributed by atoms with E-state index in [0.29, 0.717) is 27.9 Å². The molecule has 23 heavy (non-hydrogen) atoms. The maximum atomic E-state index is 11.2. The summed E-state index contributed by atoms with van der Waals surface area (Å²) < 4.78 is 32.8. The van der Waals surface area contributed by atoms with Gasteiger partial charge in [-0.1, -0.05) is 23.2 Å². The normalized spacial score (nSPS) is 11.6. The van der Waals surface area contributed by atoms with Crippen molar-refractivity contribution >= 4 is 66.7 Å². The van der Waals surface area contributed by atoms with E-state index in [1.807, 2.05) is 16.8 Å². The zero-order chi connectivity index (χ0) is 17.2. The van der Waals surface area contributed by atoms with Crippen LogP contribution >= 0.6 is 45.8 Å². The molecule has 0 radical (unpaired) electrons. The summed E-state index contributed by atoms with van der Waals surface area (Å²) in [6, 6.07) is 3.48. The first-order valence-corrected chi connectivity index (χ1v) is 10.1. The summed E-state index contributed by atoms with van der Waals surface area (Å²) in [6.45, 7) is 0.490. The molecule has 0 spiro atoms. The van der Waals surface area contributed by atoms with E-state index in [9.17, 15) is 8.42 Å². The molecule has 0 saturated carbocycles. The summed E-state index contributed by atoms with van der Waals surface area (Å²) >= 11 is 14.6. The molecule has 0 fully saturated rings. The van der Waals surface area contributed by atoms with Crippen molar-refractivity contribution in [1.29, 1.82) is 5.26 Å². The van der Waals surface area contributed by atoms with Crippen LogP contribution in [0.1, 0.15) is 0 Å². The Labute approximate surface area is 157 Å². The number of nitriles is 1. The number of rotatable bonds is 6. The molecule has 0 aliphatic heterocycles. The van der Waals surface area contributed by atoms with E-state index >= 15 is 0 Å². The third-order valence-corrected chi connectivity index (χ3v) is 5.29. The zero-order valence-electron chi connectivity index (χ0n) is 11.9. The molecule has 0 aliphatic rings. The number of halogens is 3. The Kier molecular flexibility index (Phi) is 6.02. The van der Waals surface area contributed by atoms with E-state index < -0.39 is 10.0 Å². The van der Waals surface area contributed by atoms with E-state index in [1.54, 1.807) is 6.07 Å². The van der Waals surface area contributed by atoms with Crippen LogP contribution in [-0.2, 0) is 16.6 Å². The fraction of sp³-hybridized carbons (Fsp3) is 0.308. The molecule has 1 N–H and O–H groups in total. The molecule has 1 aromatic carbocycles. The molecule has 6 nitrogen and oxygen atoms in total. The third-order valence-electron chi connectivity index (χ3n) is 2.96. The van der Waals surface area contributed by atoms with Crippen LogP contribution in [0.2, 0.25) is 10.0 Å². The Morgan fingerprint density at radius 1 is 1.48 bits per heavy atom. The van der Waals surface area contributed by atoms with Gasteiger partial charge in [0, 0.05) is 28.9 Å². The second-order valence-electron chi connectivity index (χ2n) is 4.68. The lowest BCUT2D eigenvalue weighted by atomic mass is 10.2. The van der Waals surface area contributed by atoms with Crippen LogP contribution in [0.15, 0.2) is 12.3 Å². The molecule has 0 bridgehead atoms. The summed E-state index contributed by atoms with van der Waals surface area (Å²) in [5.74, 6) is 0.468. The molecule has 2 rings (SSSR count). The van der Waals surface area contributed by atoms with Gasteiger partial charge in [-0.25, -0.2) is 13.1 Å². The van der Waals surface area contributed by atoms with Crippen LogP contribution in [0.5, 0.6) is 5.75 Å². The lowest BCUT2D eigenvalue weighted by Gasteiger charge is -2.11. The Morgan fingerprint density at radius 3 is 2.78 bits per heavy atom. The first kappa shape index (κ1) is 18.6. The summed E-state index contributed by atoms with van der Waals surface area (Å²) in [5.41, 5.74) is 0.645. The Hall–Kier alpha value is -0.730. The minimum Gasteiger partial charge on any atom is -0.478 e. The van der Waals surface area contributed by atoms with Crippen LogP contribution in [0.3, 0.4) is 0 Å². The number of aromatic nitrogens is 1. The van der Waals surface area contributed by atoms with Crippen molar-refractivity contribution in [3.05, 3.63) is 25.9 Å². The maximum Gasteiger partial charge on any atom is 0.208 e. The standard InChI is InChI=1S/C13H12Cl2IN3O3S/c1-23(20,21)18-3-4-19-7-9(16)11-10(22-5-2-17)6-8(14)12(15)13(11)19/h6-7,18H,3-5H2,1H3. The number of nitrogens with one attached hydrogen (secondary N) is 1. The Bertz CT molecular complexity index is 890. The van der Waals surface area contributed by atoms with Crippen molar-refractivity contribution in [2.45, 2.75) is 6.54 Å². The highest BCUT2D eigenvalue weighted by Crippen LogP contribution is 2.40. The molecule has 0 unspecified atom stereocenters. The molecular formula is C13H12Cl2IN3O3S. The molecule has 0 saturated heterocycles. The van der Waals surface area contributed by atoms with Gasteiger partial charge in [0.15, 0.2) is 6.61 Å². The van der Waals surface area contributed by atoms with Gasteiger partial charge in [-0.05, 0) is 22.6 Å². The second kappa shape index (κ2) is 7.44. The van der Waals surface area contributed by atoms with Gasteiger partial charge in [0.2, 0.25) is 10.0 Å². The molecule has 1 heterocycles. The van der Waals surface area contributed by atoms with Crippen molar-refractivity contribution in [3.63, 3.8) is 0 Å². The van der Waals surface area contributed by atoms with Crippen molar-refractivity contribution in [2.75, 3.05) is 19.4 Å². The highest BCUT2D eigenvalue weighted by atomic mass is 127. The van der Waals surface area contributed by atoms with Gasteiger partial charge in [0.25, 0.3) is 0 Å². The van der Waals surface area contributed by atoms with Crippen LogP contribution in [-0.4, -0.2) is 32.4 Å². The fourth-order valence-corrected chi connectivity index (χ4v) is 3.87. The molecule has 2 aromatic rings. The highest BCUT2D eigenvalue weighted by Gasteiger charge is 2.18. The quantitative estimate of drug-likeness (QED) is 0.635. The lowest BCUT2D eigenvalue weighted by molar-refractivity contribution is 0.372. The van der Waals surface area contributed by atoms with Gasteiger partial charge < -0.3 is 9.30 Å². The van der Waals surface area contributed by atoms with E-state index in [0.717, 1.165) is 15.2 Å². The van der Waals surface area contributed by atoms with Gasteiger partial charge in [-0.15, -0.1) is 0 Å². The average molecular weight is 488 g/mol. The van der Waals surface area contributed by atoms with E-state index in [4.69, 9.17) is 33.2 Å². The molecule has 0 atom stereocenters. The number of ether oxygens (including phenoxy) is 1. The number of hydrogen-bond acceptors (Lipinski definition) is 4. The van der Waals surface area contributed by atoms with Gasteiger partial charge in [-0.3, -0.25) is 0 Å². The highest BCUT2D eigenvalue weighted by molar-refractivity contribution is 14.1. The summed E-state index contributed by atoms with van der Waals surface area (Å²) in [4.78, 5) is 0. The molecule has 124 valence electrons. The fourth-order valence-electron chi connectivity index (χ4n) is 2.11. The zero-order valence-corrected chi connectivity index (χ0v) is 16.4. The lowest BCUT2D eigenvalue weighted by Crippen LogP contribution is -2.25. The number of sulfonamides is 1. The summed E-state index contributed by atoms with van der Waals surface area (Å²) in [5, 5.41) is 10.1. The van der Waals surface area contributed by atoms with E-state index in [-0.39, 0.29) is 13.2 Å². The predicted molar refractivity (Wildman–Crippen MR) is 98.6 cm³/mol. The Morgan fingerprint density at radius 2 is 2.17 bits per heavy atom. The van der Waals surface area contributed by atoms with Crippen molar-refractivity contribution < 1.29 is 13.2 Å². The van der Waals surface area contributed by atoms with Gasteiger partial charge in [0.05, 0.1) is 27.2 Å². The van der Waals surface area contributed by atoms with E-state index in [2.05, 4.69) is 27.3 Å². The number of nitrogens with zero attached hydrogens (tertiary/aromatic N) is 2. The van der Waals surface area contributed by atoms with Crippen molar-refractivity contribution in [1.82, 2.24) is 9.29 Å². The molecule has 1 aromatic heterocycles. The number of fused-ring (bicyclic) bond motifs is 1. The first-order valence-electron chi connectivity index (χ1n) is 6.35. The van der Waals surface area contributed by atoms with Gasteiger partial charge >= 0.3 is 0 Å². The Balaban J connectivity index is 2.47. The van der Waals surface area contributed by atoms with Gasteiger partial charge in [0.1, 0.15) is 11.8 Å². The van der Waals surface area contributed by atoms with Crippen LogP contribution in [0.25, 0.3) is 10.9 Å². The molecular weight excluding hydrogens is 476 g/mol. The minimum absolute atomic E-state index is 0.107. The first-order chi connectivity index (χ1) is 10.7. The SMILES string of the molecule is CS(=O)(=O)NCCn1cc(I)c2c(OCC#N)cc(Cl)c(Cl)c21. The number of hydrogen-bond donors (Lipinski definition) is 1. The molecule has 0 amide bonds. The van der Waals surface area contributed by atoms with Crippen LogP contribution in [0, 0.1) is 14.9 Å². The smallest absolute Gasteiger partial charge is 0.208 e. The predicted octanol–water partition coefficient (Wildman–Crippen LogP) is 3.00. The third kappa shape index (κ3) is 4.42. The second-order valence-corrected chi connectivity index (χ2v) is 8.46. The van der Waals surface area contributed by atoms with Gasteiger partial charge in [-0.2, -0.15) is 5.26 Å². The van der Waals surface area contributed by atoms with Crippen molar-refractivity contribution in [2.24, 2.45) is 0 Å². The largest absolute Gasteiger partial charge is 0.478 e. The van der Waals surface area contributed by atoms with Crippen LogP contribution < -0.4 is 9.46 Å². The average Bonchev–Trinajstić information content (AvgIpc) is 2.77. The summed E-state index contributed by atoms with van der Waals surface area (Å²) in [7, 11) is -3.26. The topological polar surface area (TPSA) is 84.1 Å². The minimum atomic E-state index is -3.26. The number of benzene rings is 1. The maximum absolute atomic E-state index is 11.2. The summed E-state index contributed by atoms with van der Waals surface area (Å²) in [6.07, 6.45) is 2.93. The molecule has 10 heteroatoms. The van der Waals surface area contributed by atoms with E-state index in [1.165, 1.54) is 0 Å². The monoisotopic (exact) mass is 487 g/mol.